The van der Waals surface area contributed by atoms with Gasteiger partial charge in [0.1, 0.15) is 6.10 Å². The van der Waals surface area contributed by atoms with Crippen molar-refractivity contribution in [1.29, 1.82) is 0 Å². The zero-order valence-corrected chi connectivity index (χ0v) is 6.69. The predicted molar refractivity (Wildman–Crippen MR) is 42.7 cm³/mol. The Morgan fingerprint density at radius 2 is 2.08 bits per heavy atom. The van der Waals surface area contributed by atoms with Gasteiger partial charge in [0.25, 0.3) is 0 Å². The second kappa shape index (κ2) is 5.49. The number of carboxylic acids is 1. The fourth-order valence-corrected chi connectivity index (χ4v) is 0.725. The van der Waals surface area contributed by atoms with Crippen molar-refractivity contribution in [2.75, 3.05) is 0 Å². The van der Waals surface area contributed by atoms with E-state index in [2.05, 4.69) is 6.58 Å². The monoisotopic (exact) mass is 172 g/mol. The molecule has 0 saturated carbocycles. The molecule has 4 heteroatoms. The Bertz CT molecular complexity index is 185. The van der Waals surface area contributed by atoms with Gasteiger partial charge in [-0.1, -0.05) is 6.58 Å². The fraction of sp³-hybridized carbons (Fsp3) is 0.500. The van der Waals surface area contributed by atoms with Crippen LogP contribution < -0.4 is 0 Å². The molecule has 0 aliphatic rings. The molecule has 1 atom stereocenters. The molecular weight excluding hydrogens is 160 g/mol. The van der Waals surface area contributed by atoms with Gasteiger partial charge in [0, 0.05) is 6.42 Å². The Balaban J connectivity index is 3.56. The van der Waals surface area contributed by atoms with Gasteiger partial charge in [0.2, 0.25) is 0 Å². The Morgan fingerprint density at radius 1 is 1.50 bits per heavy atom. The van der Waals surface area contributed by atoms with E-state index in [1.54, 1.807) is 0 Å². The van der Waals surface area contributed by atoms with E-state index in [1.807, 2.05) is 0 Å². The summed E-state index contributed by atoms with van der Waals surface area (Å²) in [4.78, 5) is 20.7. The average Bonchev–Trinajstić information content (AvgIpc) is 2.02. The summed E-state index contributed by atoms with van der Waals surface area (Å²) in [5.41, 5.74) is 0. The largest absolute Gasteiger partial charge is 0.481 e. The number of aliphatic hydroxyl groups is 1. The molecule has 0 heterocycles. The summed E-state index contributed by atoms with van der Waals surface area (Å²) in [6.07, 6.45) is 0.391. The van der Waals surface area contributed by atoms with Crippen molar-refractivity contribution in [2.45, 2.75) is 25.4 Å². The molecule has 12 heavy (non-hydrogen) atoms. The van der Waals surface area contributed by atoms with E-state index in [1.165, 1.54) is 0 Å². The van der Waals surface area contributed by atoms with Crippen LogP contribution in [0, 0.1) is 0 Å². The first-order valence-electron chi connectivity index (χ1n) is 3.64. The Labute approximate surface area is 70.5 Å². The number of hydrogen-bond acceptors (Lipinski definition) is 3. The second-order valence-corrected chi connectivity index (χ2v) is 2.41. The maximum absolute atomic E-state index is 10.7. The van der Waals surface area contributed by atoms with Crippen molar-refractivity contribution < 1.29 is 19.8 Å². The molecule has 0 spiro atoms. The Morgan fingerprint density at radius 3 is 2.50 bits per heavy atom. The molecule has 0 radical (unpaired) electrons. The van der Waals surface area contributed by atoms with Crippen LogP contribution in [0.15, 0.2) is 12.7 Å². The van der Waals surface area contributed by atoms with Crippen LogP contribution in [0.2, 0.25) is 0 Å². The summed E-state index contributed by atoms with van der Waals surface area (Å²) < 4.78 is 0. The summed E-state index contributed by atoms with van der Waals surface area (Å²) in [6.45, 7) is 3.20. The SMILES string of the molecule is C=CC(=O)C(O)CCCC(=O)O. The summed E-state index contributed by atoms with van der Waals surface area (Å²) in [7, 11) is 0. The predicted octanol–water partition coefficient (Wildman–Crippen LogP) is 0.357. The number of rotatable bonds is 6. The smallest absolute Gasteiger partial charge is 0.303 e. The van der Waals surface area contributed by atoms with Gasteiger partial charge in [-0.05, 0) is 18.9 Å². The first-order valence-corrected chi connectivity index (χ1v) is 3.64. The van der Waals surface area contributed by atoms with Gasteiger partial charge in [-0.3, -0.25) is 9.59 Å². The van der Waals surface area contributed by atoms with Crippen LogP contribution >= 0.6 is 0 Å². The molecule has 0 amide bonds. The molecule has 4 nitrogen and oxygen atoms in total. The first kappa shape index (κ1) is 10.8. The Hall–Kier alpha value is -1.16. The van der Waals surface area contributed by atoms with Crippen LogP contribution in [-0.2, 0) is 9.59 Å². The molecule has 0 fully saturated rings. The number of aliphatic hydroxyl groups excluding tert-OH is 1. The highest BCUT2D eigenvalue weighted by Crippen LogP contribution is 2.02. The van der Waals surface area contributed by atoms with Crippen molar-refractivity contribution >= 4 is 11.8 Å². The Kier molecular flexibility index (Phi) is 4.96. The molecule has 0 aromatic heterocycles. The van der Waals surface area contributed by atoms with Gasteiger partial charge in [-0.15, -0.1) is 0 Å². The van der Waals surface area contributed by atoms with E-state index < -0.39 is 17.9 Å². The van der Waals surface area contributed by atoms with Gasteiger partial charge in [-0.25, -0.2) is 0 Å². The zero-order chi connectivity index (χ0) is 9.56. The standard InChI is InChI=1S/C8H12O4/c1-2-6(9)7(10)4-3-5-8(11)12/h2,7,10H,1,3-5H2,(H,11,12). The van der Waals surface area contributed by atoms with Gasteiger partial charge in [0.15, 0.2) is 5.78 Å². The number of carbonyl (C=O) groups excluding carboxylic acids is 1. The highest BCUT2D eigenvalue weighted by Gasteiger charge is 2.11. The third kappa shape index (κ3) is 4.62. The van der Waals surface area contributed by atoms with Crippen molar-refractivity contribution in [3.63, 3.8) is 0 Å². The van der Waals surface area contributed by atoms with E-state index in [-0.39, 0.29) is 12.8 Å². The van der Waals surface area contributed by atoms with Crippen molar-refractivity contribution in [1.82, 2.24) is 0 Å². The van der Waals surface area contributed by atoms with Gasteiger partial charge in [0.05, 0.1) is 0 Å². The van der Waals surface area contributed by atoms with Gasteiger partial charge < -0.3 is 10.2 Å². The third-order valence-corrected chi connectivity index (χ3v) is 1.40. The van der Waals surface area contributed by atoms with E-state index in [0.717, 1.165) is 6.08 Å². The van der Waals surface area contributed by atoms with Crippen molar-refractivity contribution in [2.24, 2.45) is 0 Å². The third-order valence-electron chi connectivity index (χ3n) is 1.40. The average molecular weight is 172 g/mol. The van der Waals surface area contributed by atoms with Crippen molar-refractivity contribution in [3.05, 3.63) is 12.7 Å². The van der Waals surface area contributed by atoms with Crippen LogP contribution in [-0.4, -0.2) is 28.1 Å². The fourth-order valence-electron chi connectivity index (χ4n) is 0.725. The number of carboxylic acid groups (broad SMARTS) is 1. The molecule has 68 valence electrons. The number of aliphatic carboxylic acids is 1. The van der Waals surface area contributed by atoms with Crippen molar-refractivity contribution in [3.8, 4) is 0 Å². The van der Waals surface area contributed by atoms with Crippen LogP contribution in [0.25, 0.3) is 0 Å². The van der Waals surface area contributed by atoms with E-state index >= 15 is 0 Å². The minimum Gasteiger partial charge on any atom is -0.481 e. The molecule has 0 aliphatic heterocycles. The number of carbonyl (C=O) groups is 2. The lowest BCUT2D eigenvalue weighted by atomic mass is 10.1. The highest BCUT2D eigenvalue weighted by molar-refractivity contribution is 5.92. The molecule has 0 rings (SSSR count). The van der Waals surface area contributed by atoms with Gasteiger partial charge >= 0.3 is 5.97 Å². The molecular formula is C8H12O4. The first-order chi connectivity index (χ1) is 5.57. The summed E-state index contributed by atoms with van der Waals surface area (Å²) in [6, 6.07) is 0. The number of hydrogen-bond donors (Lipinski definition) is 2. The van der Waals surface area contributed by atoms with E-state index in [9.17, 15) is 9.59 Å². The van der Waals surface area contributed by atoms with Crippen LogP contribution in [0.4, 0.5) is 0 Å². The zero-order valence-electron chi connectivity index (χ0n) is 6.69. The molecule has 1 unspecified atom stereocenters. The summed E-state index contributed by atoms with van der Waals surface area (Å²) >= 11 is 0. The highest BCUT2D eigenvalue weighted by atomic mass is 16.4. The second-order valence-electron chi connectivity index (χ2n) is 2.41. The number of ketones is 1. The molecule has 0 aromatic carbocycles. The lowest BCUT2D eigenvalue weighted by molar-refractivity contribution is -0.137. The quantitative estimate of drug-likeness (QED) is 0.567. The normalized spacial score (nSPS) is 12.1. The molecule has 0 aromatic rings. The molecule has 0 bridgehead atoms. The summed E-state index contributed by atoms with van der Waals surface area (Å²) in [5, 5.41) is 17.3. The topological polar surface area (TPSA) is 74.6 Å². The van der Waals surface area contributed by atoms with Crippen LogP contribution in [0.3, 0.4) is 0 Å². The minimum atomic E-state index is -1.10. The van der Waals surface area contributed by atoms with Gasteiger partial charge in [-0.2, -0.15) is 0 Å². The summed E-state index contributed by atoms with van der Waals surface area (Å²) in [5.74, 6) is -1.38. The van der Waals surface area contributed by atoms with E-state index in [0.29, 0.717) is 6.42 Å². The minimum absolute atomic E-state index is 0.0263. The lowest BCUT2D eigenvalue weighted by Gasteiger charge is -2.04. The van der Waals surface area contributed by atoms with Crippen LogP contribution in [0.5, 0.6) is 0 Å². The maximum Gasteiger partial charge on any atom is 0.303 e. The molecule has 2 N–H and O–H groups in total. The molecule has 0 aliphatic carbocycles. The van der Waals surface area contributed by atoms with E-state index in [4.69, 9.17) is 10.2 Å². The molecule has 0 saturated heterocycles. The van der Waals surface area contributed by atoms with Crippen LogP contribution in [0.1, 0.15) is 19.3 Å². The lowest BCUT2D eigenvalue weighted by Crippen LogP contribution is -2.17. The maximum atomic E-state index is 10.7.